The molecule has 0 atom stereocenters. The van der Waals surface area contributed by atoms with Crippen LogP contribution in [0.2, 0.25) is 0 Å². The summed E-state index contributed by atoms with van der Waals surface area (Å²) in [6, 6.07) is 1.04. The van der Waals surface area contributed by atoms with Crippen molar-refractivity contribution in [2.75, 3.05) is 25.3 Å². The number of carbonyl (C=O) groups is 1. The Morgan fingerprint density at radius 1 is 1.25 bits per heavy atom. The van der Waals surface area contributed by atoms with E-state index in [9.17, 15) is 21.6 Å². The summed E-state index contributed by atoms with van der Waals surface area (Å²) in [4.78, 5) is 23.0. The number of carbonyl (C=O) groups excluding carboxylic acids is 1. The molecule has 3 heterocycles. The number of hydrogen-bond donors (Lipinski definition) is 2. The van der Waals surface area contributed by atoms with E-state index in [4.69, 9.17) is 9.47 Å². The average molecular weight is 429 g/mol. The maximum atomic E-state index is 12.4. The number of hydrogen-bond acceptors (Lipinski definition) is 10. The van der Waals surface area contributed by atoms with Gasteiger partial charge in [0, 0.05) is 18.9 Å². The third-order valence-electron chi connectivity index (χ3n) is 3.54. The lowest BCUT2D eigenvalue weighted by molar-refractivity contribution is 0.256. The number of urea groups is 1. The second kappa shape index (κ2) is 7.20. The Morgan fingerprint density at radius 2 is 2.00 bits per heavy atom. The van der Waals surface area contributed by atoms with E-state index in [0.29, 0.717) is 18.6 Å². The van der Waals surface area contributed by atoms with Crippen LogP contribution in [0, 0.1) is 0 Å². The normalized spacial score (nSPS) is 13.4. The predicted octanol–water partition coefficient (Wildman–Crippen LogP) is -0.271. The van der Waals surface area contributed by atoms with Crippen molar-refractivity contribution < 1.29 is 31.1 Å². The standard InChI is InChI=1S/C14H15N5O7S2/c1-25-10-8-5-7-26-11(8)17-13(16-10)18-14(20)19-28(23,24)9-4-3-6-15-12(9)27(2,21)22/h3-4,6H,5,7H2,1-2H3,(H2,16,17,18,19,20). The summed E-state index contributed by atoms with van der Waals surface area (Å²) in [6.07, 6.45) is 2.47. The highest BCUT2D eigenvalue weighted by molar-refractivity contribution is 7.93. The molecule has 3 rings (SSSR count). The van der Waals surface area contributed by atoms with Crippen molar-refractivity contribution in [3.05, 3.63) is 23.9 Å². The highest BCUT2D eigenvalue weighted by atomic mass is 32.2. The van der Waals surface area contributed by atoms with Gasteiger partial charge in [0.15, 0.2) is 14.9 Å². The van der Waals surface area contributed by atoms with Gasteiger partial charge in [0.2, 0.25) is 17.7 Å². The monoisotopic (exact) mass is 429 g/mol. The summed E-state index contributed by atoms with van der Waals surface area (Å²) in [5.41, 5.74) is 0.634. The number of aromatic nitrogens is 3. The number of anilines is 1. The van der Waals surface area contributed by atoms with Crippen molar-refractivity contribution in [2.45, 2.75) is 16.3 Å². The number of pyridine rings is 1. The molecule has 0 fully saturated rings. The van der Waals surface area contributed by atoms with Crippen LogP contribution in [-0.2, 0) is 26.3 Å². The number of rotatable bonds is 5. The minimum Gasteiger partial charge on any atom is -0.481 e. The van der Waals surface area contributed by atoms with Crippen LogP contribution in [0.25, 0.3) is 0 Å². The maximum Gasteiger partial charge on any atom is 0.335 e. The van der Waals surface area contributed by atoms with Crippen LogP contribution in [0.4, 0.5) is 10.7 Å². The van der Waals surface area contributed by atoms with E-state index in [-0.39, 0.29) is 17.7 Å². The van der Waals surface area contributed by atoms with Crippen molar-refractivity contribution in [1.29, 1.82) is 0 Å². The molecule has 0 bridgehead atoms. The number of amides is 2. The molecule has 0 spiro atoms. The fraction of sp³-hybridized carbons (Fsp3) is 0.286. The Morgan fingerprint density at radius 3 is 2.68 bits per heavy atom. The molecule has 2 aromatic heterocycles. The van der Waals surface area contributed by atoms with Crippen LogP contribution in [0.5, 0.6) is 11.8 Å². The fourth-order valence-corrected chi connectivity index (χ4v) is 4.83. The minimum atomic E-state index is -4.54. The van der Waals surface area contributed by atoms with Crippen molar-refractivity contribution in [2.24, 2.45) is 0 Å². The van der Waals surface area contributed by atoms with Gasteiger partial charge in [0.05, 0.1) is 19.3 Å². The first kappa shape index (κ1) is 19.8. The molecule has 0 saturated carbocycles. The van der Waals surface area contributed by atoms with E-state index in [1.807, 2.05) is 0 Å². The first-order valence-corrected chi connectivity index (χ1v) is 11.1. The van der Waals surface area contributed by atoms with E-state index >= 15 is 0 Å². The van der Waals surface area contributed by atoms with Crippen LogP contribution >= 0.6 is 0 Å². The fourth-order valence-electron chi connectivity index (χ4n) is 2.41. The van der Waals surface area contributed by atoms with Gasteiger partial charge in [-0.1, -0.05) is 0 Å². The molecule has 0 unspecified atom stereocenters. The average Bonchev–Trinajstić information content (AvgIpc) is 3.08. The van der Waals surface area contributed by atoms with Gasteiger partial charge in [-0.3, -0.25) is 5.32 Å². The molecule has 28 heavy (non-hydrogen) atoms. The van der Waals surface area contributed by atoms with Crippen LogP contribution in [-0.4, -0.2) is 57.8 Å². The summed E-state index contributed by atoms with van der Waals surface area (Å²) >= 11 is 0. The van der Waals surface area contributed by atoms with Crippen molar-refractivity contribution in [3.63, 3.8) is 0 Å². The molecule has 2 amide bonds. The second-order valence-corrected chi connectivity index (χ2v) is 9.16. The second-order valence-electron chi connectivity index (χ2n) is 5.58. The maximum absolute atomic E-state index is 12.4. The topological polar surface area (TPSA) is 167 Å². The molecule has 1 aliphatic heterocycles. The largest absolute Gasteiger partial charge is 0.481 e. The van der Waals surface area contributed by atoms with Gasteiger partial charge >= 0.3 is 6.03 Å². The van der Waals surface area contributed by atoms with Crippen LogP contribution in [0.3, 0.4) is 0 Å². The first-order chi connectivity index (χ1) is 13.1. The molecule has 150 valence electrons. The van der Waals surface area contributed by atoms with Crippen molar-refractivity contribution >= 4 is 31.8 Å². The lowest BCUT2D eigenvalue weighted by atomic mass is 10.2. The van der Waals surface area contributed by atoms with Crippen molar-refractivity contribution in [1.82, 2.24) is 19.7 Å². The summed E-state index contributed by atoms with van der Waals surface area (Å²) in [5.74, 6) is 0.156. The van der Waals surface area contributed by atoms with Gasteiger partial charge in [-0.25, -0.2) is 31.3 Å². The number of sulfonamides is 1. The number of fused-ring (bicyclic) bond motifs is 1. The van der Waals surface area contributed by atoms with E-state index in [0.717, 1.165) is 18.5 Å². The smallest absolute Gasteiger partial charge is 0.335 e. The zero-order valence-electron chi connectivity index (χ0n) is 14.7. The van der Waals surface area contributed by atoms with Gasteiger partial charge in [0.25, 0.3) is 10.0 Å². The molecule has 2 N–H and O–H groups in total. The predicted molar refractivity (Wildman–Crippen MR) is 94.5 cm³/mol. The number of nitrogens with zero attached hydrogens (tertiary/aromatic N) is 3. The molecule has 0 aromatic carbocycles. The third kappa shape index (κ3) is 3.96. The summed E-state index contributed by atoms with van der Waals surface area (Å²) < 4.78 is 60.5. The molecule has 0 aliphatic carbocycles. The zero-order valence-corrected chi connectivity index (χ0v) is 16.3. The highest BCUT2D eigenvalue weighted by Crippen LogP contribution is 2.31. The lowest BCUT2D eigenvalue weighted by Crippen LogP contribution is -2.35. The van der Waals surface area contributed by atoms with E-state index < -0.39 is 35.8 Å². The van der Waals surface area contributed by atoms with Crippen molar-refractivity contribution in [3.8, 4) is 11.8 Å². The Kier molecular flexibility index (Phi) is 5.08. The Balaban J connectivity index is 1.84. The molecular formula is C14H15N5O7S2. The van der Waals surface area contributed by atoms with E-state index in [2.05, 4.69) is 20.3 Å². The third-order valence-corrected chi connectivity index (χ3v) is 6.06. The number of ether oxygens (including phenoxy) is 2. The Labute approximate surface area is 160 Å². The zero-order chi connectivity index (χ0) is 20.5. The van der Waals surface area contributed by atoms with Crippen LogP contribution < -0.4 is 19.5 Å². The SMILES string of the molecule is COc1nc(NC(=O)NS(=O)(=O)c2cccnc2S(C)(=O)=O)nc2c1CCO2. The van der Waals surface area contributed by atoms with Gasteiger partial charge in [-0.2, -0.15) is 9.97 Å². The highest BCUT2D eigenvalue weighted by Gasteiger charge is 2.28. The molecule has 14 heteroatoms. The summed E-state index contributed by atoms with van der Waals surface area (Å²) in [5, 5.41) is 1.47. The molecule has 1 aliphatic rings. The van der Waals surface area contributed by atoms with Gasteiger partial charge in [0.1, 0.15) is 4.90 Å². The molecule has 2 aromatic rings. The van der Waals surface area contributed by atoms with Gasteiger partial charge in [-0.15, -0.1) is 0 Å². The lowest BCUT2D eigenvalue weighted by Gasteiger charge is -2.11. The quantitative estimate of drug-likeness (QED) is 0.645. The van der Waals surface area contributed by atoms with E-state index in [1.54, 1.807) is 4.72 Å². The minimum absolute atomic E-state index is 0.187. The van der Waals surface area contributed by atoms with Gasteiger partial charge < -0.3 is 9.47 Å². The van der Waals surface area contributed by atoms with Gasteiger partial charge in [-0.05, 0) is 12.1 Å². The molecule has 12 nitrogen and oxygen atoms in total. The Hall–Kier alpha value is -3.00. The number of nitrogens with one attached hydrogen (secondary N) is 2. The summed E-state index contributed by atoms with van der Waals surface area (Å²) in [7, 11) is -7.11. The molecule has 0 radical (unpaired) electrons. The Bertz CT molecular complexity index is 1150. The van der Waals surface area contributed by atoms with Crippen LogP contribution in [0.15, 0.2) is 28.3 Å². The molecule has 0 saturated heterocycles. The first-order valence-electron chi connectivity index (χ1n) is 7.68. The number of sulfone groups is 1. The summed E-state index contributed by atoms with van der Waals surface area (Å²) in [6.45, 7) is 0.375. The molecular weight excluding hydrogens is 414 g/mol. The number of methoxy groups -OCH3 is 1. The van der Waals surface area contributed by atoms with Crippen LogP contribution in [0.1, 0.15) is 5.56 Å². The van der Waals surface area contributed by atoms with E-state index in [1.165, 1.54) is 13.2 Å².